The first-order valence-corrected chi connectivity index (χ1v) is 2.92. The van der Waals surface area contributed by atoms with Crippen LogP contribution in [0.4, 0.5) is 0 Å². The van der Waals surface area contributed by atoms with Crippen molar-refractivity contribution >= 4 is 0 Å². The third-order valence-corrected chi connectivity index (χ3v) is 0.653. The van der Waals surface area contributed by atoms with Gasteiger partial charge in [0.1, 0.15) is 6.11 Å². The van der Waals surface area contributed by atoms with Crippen LogP contribution in [0.3, 0.4) is 0 Å². The largest absolute Gasteiger partial charge is 0.450 e. The van der Waals surface area contributed by atoms with Crippen LogP contribution in [0.25, 0.3) is 0 Å². The Labute approximate surface area is 62.1 Å². The second-order valence-electron chi connectivity index (χ2n) is 1.74. The Bertz CT molecular complexity index is 217. The highest BCUT2D eigenvalue weighted by Gasteiger charge is 1.69. The molecule has 0 bridgehead atoms. The minimum Gasteiger partial charge on any atom is -0.450 e. The highest BCUT2D eigenvalue weighted by atomic mass is 16.5. The Morgan fingerprint density at radius 3 is 2.70 bits per heavy atom. The van der Waals surface area contributed by atoms with Gasteiger partial charge < -0.3 is 4.74 Å². The van der Waals surface area contributed by atoms with Crippen molar-refractivity contribution in [3.8, 4) is 23.9 Å². The van der Waals surface area contributed by atoms with E-state index in [2.05, 4.69) is 35.2 Å². The molecule has 10 heavy (non-hydrogen) atoms. The van der Waals surface area contributed by atoms with E-state index in [1.165, 1.54) is 7.11 Å². The van der Waals surface area contributed by atoms with Gasteiger partial charge in [0.25, 0.3) is 0 Å². The molecule has 1 heteroatoms. The van der Waals surface area contributed by atoms with E-state index in [1.54, 1.807) is 0 Å². The molecule has 0 atom stereocenters. The van der Waals surface area contributed by atoms with Crippen LogP contribution < -0.4 is 0 Å². The second kappa shape index (κ2) is 5.79. The maximum atomic E-state index is 4.50. The average Bonchev–Trinajstić information content (AvgIpc) is 1.87. The van der Waals surface area contributed by atoms with E-state index >= 15 is 0 Å². The second-order valence-corrected chi connectivity index (χ2v) is 1.74. The molecule has 0 aliphatic carbocycles. The van der Waals surface area contributed by atoms with Gasteiger partial charge in [-0.05, 0) is 18.4 Å². The Kier molecular flexibility index (Phi) is 5.01. The highest BCUT2D eigenvalue weighted by molar-refractivity contribution is 5.24. The number of methoxy groups -OCH3 is 1. The van der Waals surface area contributed by atoms with Crippen LogP contribution in [0, 0.1) is 23.9 Å². The third kappa shape index (κ3) is 6.66. The molecule has 0 aromatic carbocycles. The lowest BCUT2D eigenvalue weighted by Gasteiger charge is -1.76. The molecule has 52 valence electrons. The summed E-state index contributed by atoms with van der Waals surface area (Å²) in [5, 5.41) is 0. The van der Waals surface area contributed by atoms with Gasteiger partial charge in [-0.25, -0.2) is 0 Å². The average molecular weight is 134 g/mol. The Hall–Kier alpha value is -1.34. The van der Waals surface area contributed by atoms with Gasteiger partial charge in [-0.1, -0.05) is 18.4 Å². The standard InChI is InChI=1S/C9H10O/c1-9(2)7-5-4-6-8-10-3/h1,4H2,2-3H3. The number of rotatable bonds is 0. The normalized spacial score (nSPS) is 6.20. The molecule has 0 unspecified atom stereocenters. The molecular weight excluding hydrogens is 124 g/mol. The summed E-state index contributed by atoms with van der Waals surface area (Å²) in [6.45, 7) is 5.48. The summed E-state index contributed by atoms with van der Waals surface area (Å²) in [6.07, 6.45) is 2.98. The van der Waals surface area contributed by atoms with Crippen molar-refractivity contribution in [1.82, 2.24) is 0 Å². The van der Waals surface area contributed by atoms with Crippen LogP contribution in [-0.2, 0) is 4.74 Å². The zero-order valence-corrected chi connectivity index (χ0v) is 6.32. The Morgan fingerprint density at radius 1 is 1.50 bits per heavy atom. The minimum atomic E-state index is 0.542. The maximum Gasteiger partial charge on any atom is 0.110 e. The smallest absolute Gasteiger partial charge is 0.110 e. The Balaban J connectivity index is 3.57. The molecule has 0 aromatic heterocycles. The minimum absolute atomic E-state index is 0.542. The first kappa shape index (κ1) is 8.66. The molecule has 0 amide bonds. The lowest BCUT2D eigenvalue weighted by molar-refractivity contribution is 0.372. The van der Waals surface area contributed by atoms with Gasteiger partial charge in [0.15, 0.2) is 0 Å². The molecule has 0 radical (unpaired) electrons. The molecule has 0 N–H and O–H groups in total. The molecule has 0 aliphatic rings. The molecule has 0 heterocycles. The number of hydrogen-bond acceptors (Lipinski definition) is 1. The van der Waals surface area contributed by atoms with Crippen molar-refractivity contribution in [2.75, 3.05) is 7.11 Å². The van der Waals surface area contributed by atoms with E-state index in [9.17, 15) is 0 Å². The van der Waals surface area contributed by atoms with Crippen LogP contribution >= 0.6 is 0 Å². The van der Waals surface area contributed by atoms with Crippen molar-refractivity contribution < 1.29 is 4.74 Å². The zero-order chi connectivity index (χ0) is 7.82. The fourth-order valence-electron chi connectivity index (χ4n) is 0.348. The monoisotopic (exact) mass is 134 g/mol. The van der Waals surface area contributed by atoms with E-state index in [4.69, 9.17) is 0 Å². The molecule has 0 fully saturated rings. The van der Waals surface area contributed by atoms with Crippen LogP contribution in [0.5, 0.6) is 0 Å². The molecule has 0 saturated carbocycles. The zero-order valence-electron chi connectivity index (χ0n) is 6.32. The van der Waals surface area contributed by atoms with Gasteiger partial charge in [-0.15, -0.1) is 0 Å². The van der Waals surface area contributed by atoms with E-state index in [0.717, 1.165) is 5.57 Å². The summed E-state index contributed by atoms with van der Waals surface area (Å²) >= 11 is 0. The predicted octanol–water partition coefficient (Wildman–Crippen LogP) is 1.56. The Morgan fingerprint density at radius 2 is 2.20 bits per heavy atom. The van der Waals surface area contributed by atoms with E-state index in [0.29, 0.717) is 6.42 Å². The van der Waals surface area contributed by atoms with Crippen molar-refractivity contribution in [2.24, 2.45) is 0 Å². The van der Waals surface area contributed by atoms with Crippen molar-refractivity contribution in [3.63, 3.8) is 0 Å². The van der Waals surface area contributed by atoms with Gasteiger partial charge in [0, 0.05) is 0 Å². The van der Waals surface area contributed by atoms with Crippen molar-refractivity contribution in [2.45, 2.75) is 13.3 Å². The van der Waals surface area contributed by atoms with Gasteiger partial charge in [-0.2, -0.15) is 0 Å². The summed E-state index contributed by atoms with van der Waals surface area (Å²) in [5.74, 6) is 8.32. The fourth-order valence-corrected chi connectivity index (χ4v) is 0.348. The number of ether oxygens (including phenoxy) is 1. The first-order chi connectivity index (χ1) is 4.77. The molecule has 0 aromatic rings. The summed E-state index contributed by atoms with van der Waals surface area (Å²) in [4.78, 5) is 0. The van der Waals surface area contributed by atoms with Crippen molar-refractivity contribution in [3.05, 3.63) is 12.2 Å². The van der Waals surface area contributed by atoms with E-state index < -0.39 is 0 Å². The van der Waals surface area contributed by atoms with Crippen molar-refractivity contribution in [1.29, 1.82) is 0 Å². The van der Waals surface area contributed by atoms with Crippen LogP contribution in [0.1, 0.15) is 13.3 Å². The molecule has 0 spiro atoms. The number of allylic oxidation sites excluding steroid dienone is 1. The molecule has 1 nitrogen and oxygen atoms in total. The van der Waals surface area contributed by atoms with Crippen LogP contribution in [0.15, 0.2) is 12.2 Å². The van der Waals surface area contributed by atoms with E-state index in [-0.39, 0.29) is 0 Å². The predicted molar refractivity (Wildman–Crippen MR) is 42.0 cm³/mol. The molecule has 0 saturated heterocycles. The van der Waals surface area contributed by atoms with Gasteiger partial charge in [0.05, 0.1) is 13.5 Å². The molecule has 0 rings (SSSR count). The van der Waals surface area contributed by atoms with Crippen LogP contribution in [0.2, 0.25) is 0 Å². The molecule has 0 aliphatic heterocycles. The number of hydrogen-bond donors (Lipinski definition) is 0. The summed E-state index contributed by atoms with van der Waals surface area (Å²) in [5.41, 5.74) is 0.860. The summed E-state index contributed by atoms with van der Waals surface area (Å²) in [7, 11) is 1.53. The first-order valence-electron chi connectivity index (χ1n) is 2.92. The van der Waals surface area contributed by atoms with Crippen LogP contribution in [-0.4, -0.2) is 7.11 Å². The maximum absolute atomic E-state index is 4.50. The SMILES string of the molecule is C=C(C)C#CCC#COC. The fraction of sp³-hybridized carbons (Fsp3) is 0.333. The topological polar surface area (TPSA) is 9.23 Å². The third-order valence-electron chi connectivity index (χ3n) is 0.653. The lowest BCUT2D eigenvalue weighted by atomic mass is 10.3. The van der Waals surface area contributed by atoms with Gasteiger partial charge in [0.2, 0.25) is 0 Å². The van der Waals surface area contributed by atoms with E-state index in [1.807, 2.05) is 6.92 Å². The van der Waals surface area contributed by atoms with Gasteiger partial charge in [-0.3, -0.25) is 0 Å². The molecular formula is C9H10O. The lowest BCUT2D eigenvalue weighted by Crippen LogP contribution is -1.66. The highest BCUT2D eigenvalue weighted by Crippen LogP contribution is 1.80. The quantitative estimate of drug-likeness (QED) is 0.457. The van der Waals surface area contributed by atoms with Gasteiger partial charge >= 0.3 is 0 Å². The summed E-state index contributed by atoms with van der Waals surface area (Å²) < 4.78 is 4.50. The summed E-state index contributed by atoms with van der Waals surface area (Å²) in [6, 6.07) is 0.